The van der Waals surface area contributed by atoms with Gasteiger partial charge in [-0.1, -0.05) is 49.6 Å². The van der Waals surface area contributed by atoms with Gasteiger partial charge in [0.05, 0.1) is 5.56 Å². The molecule has 176 valence electrons. The number of hydrogen-bond acceptors (Lipinski definition) is 5. The summed E-state index contributed by atoms with van der Waals surface area (Å²) in [7, 11) is 0. The van der Waals surface area contributed by atoms with Crippen LogP contribution in [0.2, 0.25) is 0 Å². The normalized spacial score (nSPS) is 14.7. The molecule has 1 atom stereocenters. The molecule has 1 fully saturated rings. The molecular weight excluding hydrogens is 437 g/mol. The predicted molar refractivity (Wildman–Crippen MR) is 115 cm³/mol. The molecule has 1 aliphatic carbocycles. The number of nitrogens with one attached hydrogen (secondary N) is 2. The molecule has 1 aromatic heterocycles. The van der Waals surface area contributed by atoms with Gasteiger partial charge in [0.1, 0.15) is 17.9 Å². The van der Waals surface area contributed by atoms with Gasteiger partial charge in [0.25, 0.3) is 0 Å². The summed E-state index contributed by atoms with van der Waals surface area (Å²) in [6.45, 7) is 0.727. The number of nitrogens with zero attached hydrogens (tertiary/aromatic N) is 2. The largest absolute Gasteiger partial charge is 0.490 e. The summed E-state index contributed by atoms with van der Waals surface area (Å²) >= 11 is 0. The van der Waals surface area contributed by atoms with Crippen molar-refractivity contribution in [3.8, 4) is 6.07 Å². The van der Waals surface area contributed by atoms with Crippen molar-refractivity contribution in [2.75, 3.05) is 11.9 Å². The minimum atomic E-state index is -5.08. The van der Waals surface area contributed by atoms with Crippen LogP contribution < -0.4 is 10.6 Å². The number of rotatable bonds is 6. The first-order valence-electron chi connectivity index (χ1n) is 10.5. The molecule has 3 rings (SSSR count). The molecule has 1 aromatic carbocycles. The van der Waals surface area contributed by atoms with E-state index in [4.69, 9.17) is 15.2 Å². The summed E-state index contributed by atoms with van der Waals surface area (Å²) in [5, 5.41) is 22.3. The topological polar surface area (TPSA) is 115 Å². The zero-order valence-electron chi connectivity index (χ0n) is 17.8. The Kier molecular flexibility index (Phi) is 9.66. The molecule has 3 N–H and O–H groups in total. The highest BCUT2D eigenvalue weighted by Gasteiger charge is 2.38. The standard InChI is InChI=1S/C21H24N4O.C2HF3O2/c22-13-17-11-12-19(23-15-17)25-20(18-9-5-2-6-10-18)21(26)24-14-16-7-3-1-4-8-16;3-2(4,5)1(6)7/h2,5-6,9-12,15-16,20H,1,3-4,7-8,14H2,(H,23,25)(H,24,26);(H,6,7). The second kappa shape index (κ2) is 12.4. The number of nitriles is 1. The summed E-state index contributed by atoms with van der Waals surface area (Å²) < 4.78 is 31.7. The molecule has 1 unspecified atom stereocenters. The van der Waals surface area contributed by atoms with Crippen LogP contribution in [-0.4, -0.2) is 34.7 Å². The smallest absolute Gasteiger partial charge is 0.475 e. The number of carbonyl (C=O) groups excluding carboxylic acids is 1. The molecular formula is C23H25F3N4O3. The van der Waals surface area contributed by atoms with Gasteiger partial charge in [0.15, 0.2) is 0 Å². The van der Waals surface area contributed by atoms with E-state index in [0.717, 1.165) is 12.1 Å². The van der Waals surface area contributed by atoms with Crippen molar-refractivity contribution in [3.05, 3.63) is 59.8 Å². The van der Waals surface area contributed by atoms with E-state index < -0.39 is 18.2 Å². The number of alkyl halides is 3. The molecule has 10 heteroatoms. The molecule has 0 bridgehead atoms. The van der Waals surface area contributed by atoms with Crippen LogP contribution in [0.15, 0.2) is 48.7 Å². The minimum absolute atomic E-state index is 0.0482. The van der Waals surface area contributed by atoms with Crippen molar-refractivity contribution in [1.82, 2.24) is 10.3 Å². The van der Waals surface area contributed by atoms with Gasteiger partial charge in [-0.05, 0) is 36.5 Å². The third-order valence-corrected chi connectivity index (χ3v) is 5.11. The molecule has 0 radical (unpaired) electrons. The lowest BCUT2D eigenvalue weighted by atomic mass is 9.89. The monoisotopic (exact) mass is 462 g/mol. The predicted octanol–water partition coefficient (Wildman–Crippen LogP) is 4.44. The molecule has 0 aliphatic heterocycles. The molecule has 0 spiro atoms. The number of aliphatic carboxylic acids is 1. The van der Waals surface area contributed by atoms with Gasteiger partial charge in [-0.3, -0.25) is 4.79 Å². The number of halogens is 3. The Labute approximate surface area is 189 Å². The Hall–Kier alpha value is -3.61. The third-order valence-electron chi connectivity index (χ3n) is 5.11. The maximum atomic E-state index is 12.9. The SMILES string of the molecule is N#Cc1ccc(NC(C(=O)NCC2CCCCC2)c2ccccc2)nc1.O=C(O)C(F)(F)F. The van der Waals surface area contributed by atoms with E-state index in [1.807, 2.05) is 36.4 Å². The Bertz CT molecular complexity index is 938. The number of carboxylic acids is 1. The summed E-state index contributed by atoms with van der Waals surface area (Å²) in [5.74, 6) is -1.65. The van der Waals surface area contributed by atoms with Gasteiger partial charge in [-0.2, -0.15) is 18.4 Å². The number of amides is 1. The van der Waals surface area contributed by atoms with Gasteiger partial charge >= 0.3 is 12.1 Å². The van der Waals surface area contributed by atoms with Crippen molar-refractivity contribution in [3.63, 3.8) is 0 Å². The van der Waals surface area contributed by atoms with E-state index in [-0.39, 0.29) is 5.91 Å². The highest BCUT2D eigenvalue weighted by molar-refractivity contribution is 5.85. The molecule has 1 saturated carbocycles. The molecule has 1 heterocycles. The lowest BCUT2D eigenvalue weighted by Crippen LogP contribution is -2.37. The Morgan fingerprint density at radius 2 is 1.76 bits per heavy atom. The van der Waals surface area contributed by atoms with Crippen LogP contribution in [0.3, 0.4) is 0 Å². The third kappa shape index (κ3) is 8.80. The Morgan fingerprint density at radius 1 is 1.12 bits per heavy atom. The van der Waals surface area contributed by atoms with E-state index in [2.05, 4.69) is 15.6 Å². The first-order chi connectivity index (χ1) is 15.7. The van der Waals surface area contributed by atoms with Crippen LogP contribution in [0.4, 0.5) is 19.0 Å². The van der Waals surface area contributed by atoms with Crippen molar-refractivity contribution >= 4 is 17.7 Å². The number of carbonyl (C=O) groups is 2. The van der Waals surface area contributed by atoms with Crippen molar-refractivity contribution in [2.45, 2.75) is 44.3 Å². The quantitative estimate of drug-likeness (QED) is 0.585. The van der Waals surface area contributed by atoms with Crippen LogP contribution in [0.25, 0.3) is 0 Å². The van der Waals surface area contributed by atoms with Crippen LogP contribution in [0, 0.1) is 17.2 Å². The summed E-state index contributed by atoms with van der Waals surface area (Å²) in [5.41, 5.74) is 1.38. The molecule has 1 aliphatic rings. The highest BCUT2D eigenvalue weighted by atomic mass is 19.4. The summed E-state index contributed by atoms with van der Waals surface area (Å²) in [6, 6.07) is 14.6. The number of aromatic nitrogens is 1. The number of benzene rings is 1. The van der Waals surface area contributed by atoms with Crippen LogP contribution >= 0.6 is 0 Å². The fourth-order valence-corrected chi connectivity index (χ4v) is 3.38. The second-order valence-electron chi connectivity index (χ2n) is 7.58. The average molecular weight is 462 g/mol. The number of carboxylic acid groups (broad SMARTS) is 1. The van der Waals surface area contributed by atoms with Gasteiger partial charge in [-0.25, -0.2) is 9.78 Å². The number of hydrogen-bond donors (Lipinski definition) is 3. The van der Waals surface area contributed by atoms with Gasteiger partial charge < -0.3 is 15.7 Å². The first kappa shape index (κ1) is 25.6. The van der Waals surface area contributed by atoms with Crippen LogP contribution in [0.5, 0.6) is 0 Å². The number of anilines is 1. The van der Waals surface area contributed by atoms with Crippen LogP contribution in [0.1, 0.15) is 49.3 Å². The molecule has 2 aromatic rings. The van der Waals surface area contributed by atoms with E-state index >= 15 is 0 Å². The zero-order valence-corrected chi connectivity index (χ0v) is 17.8. The summed E-state index contributed by atoms with van der Waals surface area (Å²) in [6.07, 6.45) is 2.64. The first-order valence-corrected chi connectivity index (χ1v) is 10.5. The molecule has 1 amide bonds. The van der Waals surface area contributed by atoms with E-state index in [1.165, 1.54) is 38.3 Å². The molecule has 7 nitrogen and oxygen atoms in total. The Morgan fingerprint density at radius 3 is 2.27 bits per heavy atom. The van der Waals surface area contributed by atoms with Gasteiger partial charge in [-0.15, -0.1) is 0 Å². The lowest BCUT2D eigenvalue weighted by Gasteiger charge is -2.24. The number of pyridine rings is 1. The fraction of sp³-hybridized carbons (Fsp3) is 0.391. The van der Waals surface area contributed by atoms with Crippen molar-refractivity contribution < 1.29 is 27.9 Å². The van der Waals surface area contributed by atoms with E-state index in [1.54, 1.807) is 12.1 Å². The van der Waals surface area contributed by atoms with Crippen molar-refractivity contribution in [2.24, 2.45) is 5.92 Å². The van der Waals surface area contributed by atoms with Crippen LogP contribution in [-0.2, 0) is 9.59 Å². The lowest BCUT2D eigenvalue weighted by molar-refractivity contribution is -0.192. The minimum Gasteiger partial charge on any atom is -0.475 e. The van der Waals surface area contributed by atoms with E-state index in [9.17, 15) is 18.0 Å². The van der Waals surface area contributed by atoms with Gasteiger partial charge in [0.2, 0.25) is 5.91 Å². The zero-order chi connectivity index (χ0) is 24.3. The average Bonchev–Trinajstić information content (AvgIpc) is 2.82. The summed E-state index contributed by atoms with van der Waals surface area (Å²) in [4.78, 5) is 26.0. The maximum Gasteiger partial charge on any atom is 0.490 e. The molecule has 33 heavy (non-hydrogen) atoms. The fourth-order valence-electron chi connectivity index (χ4n) is 3.38. The second-order valence-corrected chi connectivity index (χ2v) is 7.58. The highest BCUT2D eigenvalue weighted by Crippen LogP contribution is 2.24. The van der Waals surface area contributed by atoms with Gasteiger partial charge in [0, 0.05) is 12.7 Å². The Balaban J connectivity index is 0.000000479. The molecule has 0 saturated heterocycles. The van der Waals surface area contributed by atoms with Crippen molar-refractivity contribution in [1.29, 1.82) is 5.26 Å². The maximum absolute atomic E-state index is 12.9. The van der Waals surface area contributed by atoms with E-state index in [0.29, 0.717) is 17.3 Å².